The molecule has 2 aliphatic rings. The summed E-state index contributed by atoms with van der Waals surface area (Å²) in [6.07, 6.45) is 8.97. The van der Waals surface area contributed by atoms with Crippen LogP contribution in [-0.2, 0) is 12.8 Å². The molecule has 5 heteroatoms. The highest BCUT2D eigenvalue weighted by Gasteiger charge is 2.18. The Kier molecular flexibility index (Phi) is 4.04. The zero-order chi connectivity index (χ0) is 15.6. The number of rotatable bonds is 3. The number of nitrogens with one attached hydrogen (secondary N) is 1. The van der Waals surface area contributed by atoms with Crippen LogP contribution in [0.5, 0.6) is 0 Å². The van der Waals surface area contributed by atoms with E-state index in [4.69, 9.17) is 0 Å². The number of aromatic nitrogens is 1. The third-order valence-corrected chi connectivity index (χ3v) is 5.89. The number of carbonyl (C=O) groups is 1. The van der Waals surface area contributed by atoms with E-state index in [2.05, 4.69) is 21.3 Å². The maximum atomic E-state index is 12.4. The molecule has 0 aromatic carbocycles. The van der Waals surface area contributed by atoms with Crippen molar-refractivity contribution >= 4 is 28.7 Å². The number of hydrogen-bond donors (Lipinski definition) is 1. The summed E-state index contributed by atoms with van der Waals surface area (Å²) in [5, 5.41) is 2.98. The molecule has 0 bridgehead atoms. The van der Waals surface area contributed by atoms with Crippen LogP contribution in [0.4, 0.5) is 11.5 Å². The van der Waals surface area contributed by atoms with E-state index in [1.165, 1.54) is 36.1 Å². The van der Waals surface area contributed by atoms with Crippen molar-refractivity contribution in [1.82, 2.24) is 4.98 Å². The maximum absolute atomic E-state index is 12.4. The topological polar surface area (TPSA) is 45.2 Å². The van der Waals surface area contributed by atoms with Crippen LogP contribution < -0.4 is 10.2 Å². The summed E-state index contributed by atoms with van der Waals surface area (Å²) in [5.41, 5.74) is 2.14. The van der Waals surface area contributed by atoms with Crippen molar-refractivity contribution in [3.8, 4) is 0 Å². The van der Waals surface area contributed by atoms with E-state index in [0.717, 1.165) is 42.3 Å². The van der Waals surface area contributed by atoms with Crippen molar-refractivity contribution in [2.24, 2.45) is 0 Å². The summed E-state index contributed by atoms with van der Waals surface area (Å²) in [4.78, 5) is 21.4. The molecule has 0 atom stereocenters. The standard InChI is InChI=1S/C18H21N3OS/c22-18(16-11-13-5-1-2-6-15(13)23-16)20-14-7-8-17(19-12-14)21-9-3-4-10-21/h7-8,11-12H,1-6,9-10H2,(H,20,22). The first-order valence-electron chi connectivity index (χ1n) is 8.43. The fraction of sp³-hybridized carbons (Fsp3) is 0.444. The summed E-state index contributed by atoms with van der Waals surface area (Å²) < 4.78 is 0. The van der Waals surface area contributed by atoms with Crippen molar-refractivity contribution in [1.29, 1.82) is 0 Å². The third-order valence-electron chi connectivity index (χ3n) is 4.66. The van der Waals surface area contributed by atoms with Crippen LogP contribution >= 0.6 is 11.3 Å². The highest BCUT2D eigenvalue weighted by Crippen LogP contribution is 2.30. The Morgan fingerprint density at radius 1 is 1.13 bits per heavy atom. The predicted molar refractivity (Wildman–Crippen MR) is 94.6 cm³/mol. The van der Waals surface area contributed by atoms with Crippen molar-refractivity contribution in [3.05, 3.63) is 39.7 Å². The summed E-state index contributed by atoms with van der Waals surface area (Å²) in [6.45, 7) is 2.17. The van der Waals surface area contributed by atoms with Gasteiger partial charge in [-0.25, -0.2) is 4.98 Å². The number of hydrogen-bond acceptors (Lipinski definition) is 4. The lowest BCUT2D eigenvalue weighted by molar-refractivity contribution is 0.103. The Labute approximate surface area is 140 Å². The molecular formula is C18H21N3OS. The minimum Gasteiger partial charge on any atom is -0.357 e. The predicted octanol–water partition coefficient (Wildman–Crippen LogP) is 3.87. The molecule has 1 amide bonds. The molecule has 3 heterocycles. The molecule has 4 nitrogen and oxygen atoms in total. The van der Waals surface area contributed by atoms with Crippen LogP contribution in [0.15, 0.2) is 24.4 Å². The number of fused-ring (bicyclic) bond motifs is 1. The fourth-order valence-corrected chi connectivity index (χ4v) is 4.54. The van der Waals surface area contributed by atoms with Crippen LogP contribution in [0, 0.1) is 0 Å². The summed E-state index contributed by atoms with van der Waals surface area (Å²) in [7, 11) is 0. The van der Waals surface area contributed by atoms with E-state index in [1.54, 1.807) is 17.5 Å². The number of aryl methyl sites for hydroxylation is 2. The molecule has 23 heavy (non-hydrogen) atoms. The van der Waals surface area contributed by atoms with Gasteiger partial charge >= 0.3 is 0 Å². The van der Waals surface area contributed by atoms with Crippen molar-refractivity contribution in [2.75, 3.05) is 23.3 Å². The lowest BCUT2D eigenvalue weighted by Crippen LogP contribution is -2.19. The molecule has 1 aliphatic carbocycles. The molecule has 0 unspecified atom stereocenters. The summed E-state index contributed by atoms with van der Waals surface area (Å²) >= 11 is 1.65. The number of anilines is 2. The Hall–Kier alpha value is -1.88. The molecule has 1 aliphatic heterocycles. The zero-order valence-corrected chi connectivity index (χ0v) is 14.0. The molecular weight excluding hydrogens is 306 g/mol. The molecule has 0 spiro atoms. The van der Waals surface area contributed by atoms with Crippen LogP contribution in [0.3, 0.4) is 0 Å². The monoisotopic (exact) mass is 327 g/mol. The molecule has 4 rings (SSSR count). The molecule has 2 aromatic rings. The van der Waals surface area contributed by atoms with Crippen LogP contribution in [0.1, 0.15) is 45.8 Å². The molecule has 1 saturated heterocycles. The first kappa shape index (κ1) is 14.7. The number of amides is 1. The first-order chi connectivity index (χ1) is 11.3. The quantitative estimate of drug-likeness (QED) is 0.930. The Morgan fingerprint density at radius 2 is 1.96 bits per heavy atom. The Morgan fingerprint density at radius 3 is 2.70 bits per heavy atom. The minimum absolute atomic E-state index is 0.0138. The van der Waals surface area contributed by atoms with Gasteiger partial charge in [0.05, 0.1) is 16.8 Å². The number of pyridine rings is 1. The maximum Gasteiger partial charge on any atom is 0.265 e. The first-order valence-corrected chi connectivity index (χ1v) is 9.25. The average Bonchev–Trinajstić information content (AvgIpc) is 3.25. The number of thiophene rings is 1. The molecule has 120 valence electrons. The second-order valence-electron chi connectivity index (χ2n) is 6.32. The van der Waals surface area contributed by atoms with Gasteiger partial charge in [0.1, 0.15) is 5.82 Å². The minimum atomic E-state index is -0.0138. The van der Waals surface area contributed by atoms with Crippen molar-refractivity contribution < 1.29 is 4.79 Å². The number of nitrogens with zero attached hydrogens (tertiary/aromatic N) is 2. The fourth-order valence-electron chi connectivity index (χ4n) is 3.39. The van der Waals surface area contributed by atoms with E-state index in [9.17, 15) is 4.79 Å². The molecule has 0 radical (unpaired) electrons. The summed E-state index contributed by atoms with van der Waals surface area (Å²) in [5.74, 6) is 0.993. The van der Waals surface area contributed by atoms with Crippen LogP contribution in [0.25, 0.3) is 0 Å². The lowest BCUT2D eigenvalue weighted by Gasteiger charge is -2.16. The third kappa shape index (κ3) is 3.11. The van der Waals surface area contributed by atoms with Gasteiger partial charge in [0.15, 0.2) is 0 Å². The largest absolute Gasteiger partial charge is 0.357 e. The van der Waals surface area contributed by atoms with Crippen molar-refractivity contribution in [3.63, 3.8) is 0 Å². The van der Waals surface area contributed by atoms with E-state index in [1.807, 2.05) is 12.1 Å². The van der Waals surface area contributed by atoms with E-state index >= 15 is 0 Å². The Bertz CT molecular complexity index is 678. The second kappa shape index (κ2) is 6.32. The van der Waals surface area contributed by atoms with Crippen LogP contribution in [0.2, 0.25) is 0 Å². The summed E-state index contributed by atoms with van der Waals surface area (Å²) in [6, 6.07) is 6.02. The highest BCUT2D eigenvalue weighted by atomic mass is 32.1. The molecule has 1 fully saturated rings. The van der Waals surface area contributed by atoms with Gasteiger partial charge in [-0.15, -0.1) is 11.3 Å². The van der Waals surface area contributed by atoms with Gasteiger partial charge in [-0.2, -0.15) is 0 Å². The lowest BCUT2D eigenvalue weighted by atomic mass is 9.99. The molecule has 0 saturated carbocycles. The van der Waals surface area contributed by atoms with E-state index in [-0.39, 0.29) is 5.91 Å². The van der Waals surface area contributed by atoms with Crippen molar-refractivity contribution in [2.45, 2.75) is 38.5 Å². The SMILES string of the molecule is O=C(Nc1ccc(N2CCCC2)nc1)c1cc2c(s1)CCCC2. The van der Waals surface area contributed by atoms with Gasteiger partial charge in [-0.3, -0.25) is 4.79 Å². The van der Waals surface area contributed by atoms with Gasteiger partial charge in [-0.1, -0.05) is 0 Å². The van der Waals surface area contributed by atoms with E-state index < -0.39 is 0 Å². The second-order valence-corrected chi connectivity index (χ2v) is 7.46. The van der Waals surface area contributed by atoms with Gasteiger partial charge in [-0.05, 0) is 62.3 Å². The molecule has 1 N–H and O–H groups in total. The molecule has 2 aromatic heterocycles. The zero-order valence-electron chi connectivity index (χ0n) is 13.2. The van der Waals surface area contributed by atoms with Gasteiger partial charge in [0, 0.05) is 18.0 Å². The van der Waals surface area contributed by atoms with Gasteiger partial charge in [0.25, 0.3) is 5.91 Å². The smallest absolute Gasteiger partial charge is 0.265 e. The van der Waals surface area contributed by atoms with Gasteiger partial charge < -0.3 is 10.2 Å². The van der Waals surface area contributed by atoms with Gasteiger partial charge in [0.2, 0.25) is 0 Å². The highest BCUT2D eigenvalue weighted by molar-refractivity contribution is 7.14. The average molecular weight is 327 g/mol. The normalized spacial score (nSPS) is 17.1. The Balaban J connectivity index is 1.44. The van der Waals surface area contributed by atoms with E-state index in [0.29, 0.717) is 0 Å². The van der Waals surface area contributed by atoms with Crippen LogP contribution in [-0.4, -0.2) is 24.0 Å². The number of carbonyl (C=O) groups excluding carboxylic acids is 1.